The van der Waals surface area contributed by atoms with E-state index in [0.29, 0.717) is 6.54 Å². The molecule has 0 aromatic carbocycles. The summed E-state index contributed by atoms with van der Waals surface area (Å²) in [6, 6.07) is 4.23. The van der Waals surface area contributed by atoms with Crippen LogP contribution in [-0.4, -0.2) is 9.78 Å². The number of aromatic nitrogens is 2. The van der Waals surface area contributed by atoms with Crippen molar-refractivity contribution >= 4 is 34.5 Å². The van der Waals surface area contributed by atoms with Crippen LogP contribution in [0, 0.1) is 0 Å². The Labute approximate surface area is 133 Å². The monoisotopic (exact) mass is 331 g/mol. The number of nitrogens with zero attached hydrogens (tertiary/aromatic N) is 2. The van der Waals surface area contributed by atoms with Gasteiger partial charge in [-0.3, -0.25) is 4.68 Å². The van der Waals surface area contributed by atoms with Crippen LogP contribution in [0.2, 0.25) is 9.36 Å². The minimum atomic E-state index is 0.244. The van der Waals surface area contributed by atoms with Gasteiger partial charge in [-0.2, -0.15) is 5.10 Å². The van der Waals surface area contributed by atoms with Gasteiger partial charge in [-0.05, 0) is 32.4 Å². The summed E-state index contributed by atoms with van der Waals surface area (Å²) in [6.45, 7) is 7.81. The van der Waals surface area contributed by atoms with E-state index in [-0.39, 0.29) is 6.04 Å². The first-order valence-electron chi connectivity index (χ1n) is 6.79. The van der Waals surface area contributed by atoms with Crippen molar-refractivity contribution in [1.82, 2.24) is 15.1 Å². The van der Waals surface area contributed by atoms with E-state index < -0.39 is 0 Å². The van der Waals surface area contributed by atoms with Gasteiger partial charge in [0.05, 0.1) is 20.7 Å². The Kier molecular flexibility index (Phi) is 5.49. The van der Waals surface area contributed by atoms with E-state index in [2.05, 4.69) is 37.3 Å². The molecule has 6 heteroatoms. The maximum absolute atomic E-state index is 6.40. The van der Waals surface area contributed by atoms with Crippen LogP contribution >= 0.6 is 34.5 Å². The zero-order chi connectivity index (χ0) is 14.7. The molecule has 0 aliphatic carbocycles. The second-order valence-electron chi connectivity index (χ2n) is 4.62. The quantitative estimate of drug-likeness (QED) is 0.832. The highest BCUT2D eigenvalue weighted by Gasteiger charge is 2.15. The largest absolute Gasteiger partial charge is 0.304 e. The molecular formula is C14H19Cl2N3S. The average molecular weight is 332 g/mol. The molecule has 1 atom stereocenters. The molecule has 2 heterocycles. The Balaban J connectivity index is 2.08. The fourth-order valence-electron chi connectivity index (χ4n) is 2.10. The average Bonchev–Trinajstić information content (AvgIpc) is 3.00. The summed E-state index contributed by atoms with van der Waals surface area (Å²) < 4.78 is 2.79. The molecule has 0 saturated carbocycles. The van der Waals surface area contributed by atoms with Gasteiger partial charge in [0.25, 0.3) is 0 Å². The Morgan fingerprint density at radius 2 is 2.10 bits per heavy atom. The first-order chi connectivity index (χ1) is 9.56. The normalized spacial score (nSPS) is 12.8. The van der Waals surface area contributed by atoms with Crippen molar-refractivity contribution in [1.29, 1.82) is 0 Å². The fourth-order valence-corrected chi connectivity index (χ4v) is 3.52. The Morgan fingerprint density at radius 3 is 2.65 bits per heavy atom. The maximum atomic E-state index is 6.40. The van der Waals surface area contributed by atoms with Gasteiger partial charge in [-0.15, -0.1) is 11.3 Å². The Hall–Kier alpha value is -0.550. The smallest absolute Gasteiger partial charge is 0.0931 e. The predicted molar refractivity (Wildman–Crippen MR) is 86.9 cm³/mol. The molecule has 0 fully saturated rings. The number of nitrogens with one attached hydrogen (secondary N) is 1. The Morgan fingerprint density at radius 1 is 1.35 bits per heavy atom. The maximum Gasteiger partial charge on any atom is 0.0931 e. The lowest BCUT2D eigenvalue weighted by Gasteiger charge is -2.13. The summed E-state index contributed by atoms with van der Waals surface area (Å²) in [6.07, 6.45) is 0.856. The number of thiophene rings is 1. The van der Waals surface area contributed by atoms with Crippen LogP contribution in [-0.2, 0) is 19.5 Å². The summed E-state index contributed by atoms with van der Waals surface area (Å²) in [7, 11) is 0. The SMILES string of the molecule is CCc1nn(CC)c(CNC(C)c2ccc(Cl)s2)c1Cl. The third-order valence-corrected chi connectivity index (χ3v) is 5.14. The molecule has 0 spiro atoms. The van der Waals surface area contributed by atoms with Gasteiger partial charge in [0.1, 0.15) is 0 Å². The molecule has 0 aliphatic rings. The molecule has 20 heavy (non-hydrogen) atoms. The lowest BCUT2D eigenvalue weighted by Crippen LogP contribution is -2.19. The molecule has 0 amide bonds. The lowest BCUT2D eigenvalue weighted by molar-refractivity contribution is 0.535. The first kappa shape index (κ1) is 15.8. The van der Waals surface area contributed by atoms with Crippen molar-refractivity contribution in [2.24, 2.45) is 0 Å². The van der Waals surface area contributed by atoms with Crippen molar-refractivity contribution in [2.75, 3.05) is 0 Å². The van der Waals surface area contributed by atoms with Crippen LogP contribution in [0.4, 0.5) is 0 Å². The van der Waals surface area contributed by atoms with Gasteiger partial charge in [0.2, 0.25) is 0 Å². The van der Waals surface area contributed by atoms with E-state index in [4.69, 9.17) is 23.2 Å². The minimum absolute atomic E-state index is 0.244. The predicted octanol–water partition coefficient (Wildman–Crippen LogP) is 4.68. The highest BCUT2D eigenvalue weighted by atomic mass is 35.5. The molecule has 2 aromatic rings. The number of hydrogen-bond donors (Lipinski definition) is 1. The summed E-state index contributed by atoms with van der Waals surface area (Å²) >= 11 is 14.0. The topological polar surface area (TPSA) is 29.9 Å². The molecule has 0 saturated heterocycles. The van der Waals surface area contributed by atoms with Crippen molar-refractivity contribution in [2.45, 2.75) is 46.3 Å². The van der Waals surface area contributed by atoms with Gasteiger partial charge in [-0.25, -0.2) is 0 Å². The van der Waals surface area contributed by atoms with E-state index >= 15 is 0 Å². The molecule has 3 nitrogen and oxygen atoms in total. The summed E-state index contributed by atoms with van der Waals surface area (Å²) in [5.74, 6) is 0. The molecular weight excluding hydrogens is 313 g/mol. The molecule has 2 rings (SSSR count). The van der Waals surface area contributed by atoms with Crippen LogP contribution in [0.15, 0.2) is 12.1 Å². The molecule has 1 unspecified atom stereocenters. The summed E-state index contributed by atoms with van der Waals surface area (Å²) in [4.78, 5) is 1.23. The molecule has 0 radical (unpaired) electrons. The molecule has 2 aromatic heterocycles. The van der Waals surface area contributed by atoms with E-state index in [1.807, 2.05) is 10.7 Å². The zero-order valence-corrected chi connectivity index (χ0v) is 14.2. The van der Waals surface area contributed by atoms with Crippen LogP contribution in [0.3, 0.4) is 0 Å². The van der Waals surface area contributed by atoms with Crippen molar-refractivity contribution in [3.05, 3.63) is 37.8 Å². The minimum Gasteiger partial charge on any atom is -0.304 e. The van der Waals surface area contributed by atoms with Crippen LogP contribution in [0.25, 0.3) is 0 Å². The highest BCUT2D eigenvalue weighted by Crippen LogP contribution is 2.27. The molecule has 0 bridgehead atoms. The van der Waals surface area contributed by atoms with Gasteiger partial charge in [-0.1, -0.05) is 30.1 Å². The zero-order valence-electron chi connectivity index (χ0n) is 11.9. The second-order valence-corrected chi connectivity index (χ2v) is 6.75. The first-order valence-corrected chi connectivity index (χ1v) is 8.36. The highest BCUT2D eigenvalue weighted by molar-refractivity contribution is 7.16. The van der Waals surface area contributed by atoms with Gasteiger partial charge < -0.3 is 5.32 Å². The van der Waals surface area contributed by atoms with Gasteiger partial charge in [0.15, 0.2) is 0 Å². The summed E-state index contributed by atoms with van der Waals surface area (Å²) in [5, 5.41) is 8.81. The van der Waals surface area contributed by atoms with Crippen molar-refractivity contribution in [3.63, 3.8) is 0 Å². The number of rotatable bonds is 6. The lowest BCUT2D eigenvalue weighted by atomic mass is 10.2. The van der Waals surface area contributed by atoms with E-state index in [9.17, 15) is 0 Å². The van der Waals surface area contributed by atoms with Crippen molar-refractivity contribution < 1.29 is 0 Å². The third-order valence-electron chi connectivity index (χ3n) is 3.29. The fraction of sp³-hybridized carbons (Fsp3) is 0.500. The van der Waals surface area contributed by atoms with Crippen molar-refractivity contribution in [3.8, 4) is 0 Å². The van der Waals surface area contributed by atoms with E-state index in [1.165, 1.54) is 4.88 Å². The second kappa shape index (κ2) is 6.94. The van der Waals surface area contributed by atoms with Crippen LogP contribution in [0.5, 0.6) is 0 Å². The molecule has 110 valence electrons. The molecule has 1 N–H and O–H groups in total. The number of hydrogen-bond acceptors (Lipinski definition) is 3. The standard InChI is InChI=1S/C14H19Cl2N3S/c1-4-10-14(16)11(19(5-2)18-10)8-17-9(3)12-6-7-13(15)20-12/h6-7,9,17H,4-5,8H2,1-3H3. The summed E-state index contributed by atoms with van der Waals surface area (Å²) in [5.41, 5.74) is 2.03. The number of aryl methyl sites for hydroxylation is 2. The van der Waals surface area contributed by atoms with Crippen LogP contribution < -0.4 is 5.32 Å². The van der Waals surface area contributed by atoms with Gasteiger partial charge >= 0.3 is 0 Å². The Bertz CT molecular complexity index is 577. The number of halogens is 2. The van der Waals surface area contributed by atoms with E-state index in [0.717, 1.165) is 33.7 Å². The van der Waals surface area contributed by atoms with Crippen LogP contribution in [0.1, 0.15) is 43.1 Å². The van der Waals surface area contributed by atoms with E-state index in [1.54, 1.807) is 11.3 Å². The van der Waals surface area contributed by atoms with Gasteiger partial charge in [0, 0.05) is 24.0 Å². The third kappa shape index (κ3) is 3.37. The molecule has 0 aliphatic heterocycles.